The SMILES string of the molecule is CC(C)(C)[Si](Cl)Cl.O=[C]=[Fe]=[C]=O.c1cc[cH-]c1. The van der Waals surface area contributed by atoms with Crippen LogP contribution in [0, 0.1) is 0 Å². The molecule has 0 aliphatic carbocycles. The van der Waals surface area contributed by atoms with Gasteiger partial charge in [-0.1, -0.05) is 20.8 Å². The van der Waals surface area contributed by atoms with E-state index in [1.807, 2.05) is 51.1 Å². The van der Waals surface area contributed by atoms with Crippen molar-refractivity contribution in [3.8, 4) is 0 Å². The summed E-state index contributed by atoms with van der Waals surface area (Å²) in [5.74, 6) is 0. The predicted octanol–water partition coefficient (Wildman–Crippen LogP) is 3.36. The van der Waals surface area contributed by atoms with Gasteiger partial charge in [0, 0.05) is 0 Å². The standard InChI is InChI=1S/C5H5.C4H9Cl2Si.2CO.Fe/c1-2-4-5-3-1;1-4(2,3)7(5)6;2*1-2;/h1-5H;1-3H3;;;/q-1;;;;. The summed E-state index contributed by atoms with van der Waals surface area (Å²) >= 11 is 11.0. The molecule has 1 aromatic rings. The maximum Gasteiger partial charge on any atom is -0.172 e. The molecule has 0 atom stereocenters. The van der Waals surface area contributed by atoms with Crippen LogP contribution in [0.4, 0.5) is 0 Å². The Labute approximate surface area is 119 Å². The van der Waals surface area contributed by atoms with Crippen LogP contribution in [0.1, 0.15) is 20.8 Å². The predicted molar refractivity (Wildman–Crippen MR) is 70.6 cm³/mol. The van der Waals surface area contributed by atoms with E-state index >= 15 is 0 Å². The van der Waals surface area contributed by atoms with Crippen molar-refractivity contribution in [2.45, 2.75) is 25.8 Å². The summed E-state index contributed by atoms with van der Waals surface area (Å²) in [6.07, 6.45) is 0. The molecule has 97 valence electrons. The van der Waals surface area contributed by atoms with Gasteiger partial charge in [-0.15, -0.1) is 22.2 Å². The zero-order chi connectivity index (χ0) is 13.7. The van der Waals surface area contributed by atoms with Crippen molar-refractivity contribution in [1.82, 2.24) is 0 Å². The Morgan fingerprint density at radius 2 is 1.47 bits per heavy atom. The molecule has 0 aliphatic heterocycles. The normalized spacial score (nSPS) is 9.06. The summed E-state index contributed by atoms with van der Waals surface area (Å²) in [4.78, 5) is 20.7. The van der Waals surface area contributed by atoms with E-state index in [0.29, 0.717) is 0 Å². The molecule has 0 saturated carbocycles. The van der Waals surface area contributed by atoms with Crippen LogP contribution in [-0.4, -0.2) is 17.0 Å². The molecule has 0 bridgehead atoms. The number of hydrogen-bond acceptors (Lipinski definition) is 2. The smallest absolute Gasteiger partial charge is 0.172 e. The first-order valence-electron chi connectivity index (χ1n) is 4.56. The van der Waals surface area contributed by atoms with Gasteiger partial charge in [-0.05, 0) is 5.04 Å². The van der Waals surface area contributed by atoms with Gasteiger partial charge in [0.25, 0.3) is 7.42 Å². The van der Waals surface area contributed by atoms with Crippen molar-refractivity contribution in [2.75, 3.05) is 0 Å². The summed E-state index contributed by atoms with van der Waals surface area (Å²) in [6, 6.07) is 10.0. The summed E-state index contributed by atoms with van der Waals surface area (Å²) in [5, 5.41) is 0.133. The Balaban J connectivity index is 0. The summed E-state index contributed by atoms with van der Waals surface area (Å²) in [7, 11) is -1.11. The molecule has 0 aromatic heterocycles. The van der Waals surface area contributed by atoms with E-state index in [1.54, 1.807) is 0 Å². The van der Waals surface area contributed by atoms with Gasteiger partial charge in [-0.25, -0.2) is 12.1 Å². The third kappa shape index (κ3) is 18.4. The van der Waals surface area contributed by atoms with Crippen molar-refractivity contribution < 1.29 is 23.7 Å². The zero-order valence-electron chi connectivity index (χ0n) is 9.81. The van der Waals surface area contributed by atoms with Gasteiger partial charge in [0.2, 0.25) is 0 Å². The molecule has 6 heteroatoms. The molecule has 0 N–H and O–H groups in total. The van der Waals surface area contributed by atoms with Crippen molar-refractivity contribution in [3.63, 3.8) is 0 Å². The van der Waals surface area contributed by atoms with Crippen LogP contribution < -0.4 is 0 Å². The second-order valence-electron chi connectivity index (χ2n) is 3.71. The van der Waals surface area contributed by atoms with Gasteiger partial charge >= 0.3 is 33.2 Å². The molecule has 17 heavy (non-hydrogen) atoms. The number of carbonyl (C=O) groups excluding carboxylic acids is 2. The first kappa shape index (κ1) is 19.2. The van der Waals surface area contributed by atoms with E-state index < -0.39 is 7.42 Å². The van der Waals surface area contributed by atoms with E-state index in [2.05, 4.69) is 0 Å². The molecule has 1 radical (unpaired) electrons. The van der Waals surface area contributed by atoms with Gasteiger partial charge in [-0.2, -0.15) is 18.2 Å². The largest absolute Gasteiger partial charge is 0.214 e. The minimum absolute atomic E-state index is 0.133. The Morgan fingerprint density at radius 1 is 1.12 bits per heavy atom. The average Bonchev–Trinajstić information content (AvgIpc) is 2.76. The van der Waals surface area contributed by atoms with Crippen LogP contribution >= 0.6 is 22.2 Å². The number of hydrogen-bond donors (Lipinski definition) is 0. The Bertz CT molecular complexity index is 339. The number of rotatable bonds is 0. The fourth-order valence-electron chi connectivity index (χ4n) is 0.335. The maximum absolute atomic E-state index is 9.02. The fraction of sp³-hybridized carbons (Fsp3) is 0.364. The van der Waals surface area contributed by atoms with Crippen LogP contribution in [0.3, 0.4) is 0 Å². The third-order valence-electron chi connectivity index (χ3n) is 1.19. The molecule has 0 spiro atoms. The Kier molecular flexibility index (Phi) is 13.9. The van der Waals surface area contributed by atoms with Crippen molar-refractivity contribution in [1.29, 1.82) is 0 Å². The molecule has 0 aliphatic rings. The molecule has 0 heterocycles. The fourth-order valence-corrected chi connectivity index (χ4v) is 0.381. The molecule has 0 saturated heterocycles. The average molecular weight is 333 g/mol. The van der Waals surface area contributed by atoms with Gasteiger partial charge in [0.1, 0.15) is 0 Å². The minimum atomic E-state index is -1.11. The van der Waals surface area contributed by atoms with Crippen LogP contribution in [0.25, 0.3) is 0 Å². The Morgan fingerprint density at radius 3 is 1.53 bits per heavy atom. The first-order valence-corrected chi connectivity index (χ1v) is 9.18. The van der Waals surface area contributed by atoms with Crippen molar-refractivity contribution in [2.24, 2.45) is 0 Å². The van der Waals surface area contributed by atoms with E-state index in [4.69, 9.17) is 31.7 Å². The molecule has 0 fully saturated rings. The van der Waals surface area contributed by atoms with Gasteiger partial charge in [0.05, 0.1) is 0 Å². The second kappa shape index (κ2) is 12.3. The maximum atomic E-state index is 9.02. The van der Waals surface area contributed by atoms with E-state index in [9.17, 15) is 0 Å². The molecule has 0 amide bonds. The third-order valence-corrected chi connectivity index (χ3v) is 5.96. The van der Waals surface area contributed by atoms with Crippen LogP contribution in [0.5, 0.6) is 0 Å². The van der Waals surface area contributed by atoms with E-state index in [0.717, 1.165) is 0 Å². The summed E-state index contributed by atoms with van der Waals surface area (Å²) < 4.78 is 0. The van der Waals surface area contributed by atoms with Gasteiger partial charge < -0.3 is 0 Å². The molecule has 1 rings (SSSR count). The van der Waals surface area contributed by atoms with Crippen molar-refractivity contribution >= 4 is 39.1 Å². The van der Waals surface area contributed by atoms with Gasteiger partial charge in [0.15, 0.2) is 0 Å². The molecule has 1 aromatic carbocycles. The van der Waals surface area contributed by atoms with E-state index in [1.165, 1.54) is 9.57 Å². The molecular formula is C11H14Cl2FeO2Si-. The monoisotopic (exact) mass is 332 g/mol. The van der Waals surface area contributed by atoms with Crippen LogP contribution in [-0.2, 0) is 23.7 Å². The quantitative estimate of drug-likeness (QED) is 0.414. The zero-order valence-corrected chi connectivity index (χ0v) is 13.4. The molecule has 2 nitrogen and oxygen atoms in total. The second-order valence-corrected chi connectivity index (χ2v) is 9.30. The van der Waals surface area contributed by atoms with Crippen LogP contribution in [0.15, 0.2) is 30.3 Å². The Hall–Kier alpha value is -0.174. The minimum Gasteiger partial charge on any atom is -0.214 e. The summed E-state index contributed by atoms with van der Waals surface area (Å²) in [5.41, 5.74) is 0. The molecule has 0 unspecified atom stereocenters. The first-order chi connectivity index (χ1) is 7.86. The topological polar surface area (TPSA) is 34.1 Å². The summed E-state index contributed by atoms with van der Waals surface area (Å²) in [6.45, 7) is 6.13. The van der Waals surface area contributed by atoms with Crippen LogP contribution in [0.2, 0.25) is 5.04 Å². The van der Waals surface area contributed by atoms with Crippen molar-refractivity contribution in [3.05, 3.63) is 30.3 Å². The molecular weight excluding hydrogens is 319 g/mol. The number of halogens is 2. The van der Waals surface area contributed by atoms with E-state index in [-0.39, 0.29) is 19.1 Å². The van der Waals surface area contributed by atoms with Gasteiger partial charge in [-0.3, -0.25) is 0 Å².